The minimum absolute atomic E-state index is 0.466. The summed E-state index contributed by atoms with van der Waals surface area (Å²) in [5, 5.41) is 16.8. The molecule has 1 aromatic carbocycles. The maximum Gasteiger partial charge on any atom is 0.237 e. The molecule has 0 saturated heterocycles. The van der Waals surface area contributed by atoms with E-state index in [2.05, 4.69) is 56.7 Å². The van der Waals surface area contributed by atoms with Crippen LogP contribution in [0.3, 0.4) is 0 Å². The number of ether oxygens (including phenoxy) is 1. The van der Waals surface area contributed by atoms with Crippen LogP contribution in [0.15, 0.2) is 36.7 Å². The number of benzene rings is 1. The van der Waals surface area contributed by atoms with E-state index in [0.717, 1.165) is 73.6 Å². The van der Waals surface area contributed by atoms with Gasteiger partial charge in [-0.2, -0.15) is 0 Å². The van der Waals surface area contributed by atoms with Crippen LogP contribution in [-0.4, -0.2) is 45.4 Å². The van der Waals surface area contributed by atoms with Gasteiger partial charge < -0.3 is 25.4 Å². The van der Waals surface area contributed by atoms with E-state index in [-0.39, 0.29) is 0 Å². The van der Waals surface area contributed by atoms with Crippen LogP contribution in [0.25, 0.3) is 0 Å². The van der Waals surface area contributed by atoms with Gasteiger partial charge >= 0.3 is 0 Å². The predicted molar refractivity (Wildman–Crippen MR) is 137 cm³/mol. The lowest BCUT2D eigenvalue weighted by atomic mass is 9.70. The minimum atomic E-state index is -0.466. The van der Waals surface area contributed by atoms with Crippen molar-refractivity contribution in [1.29, 1.82) is 0 Å². The third-order valence-corrected chi connectivity index (χ3v) is 7.40. The standard InChI is InChI=1S/C27H32N6O2/c1-17-23(15-29-25-24(17)28-8-10-35-25)33-9-7-20-14-30-26(32-22(20)16-33)31-21-5-3-18(4-6-21)11-19-12-27(2,34)13-19/h3-6,14-15,19,28,34H,7-13,16H2,1-2H3,(H,30,31,32). The third kappa shape index (κ3) is 4.50. The smallest absolute Gasteiger partial charge is 0.237 e. The normalized spacial score (nSPS) is 22.8. The molecule has 0 radical (unpaired) electrons. The lowest BCUT2D eigenvalue weighted by Crippen LogP contribution is -2.41. The Morgan fingerprint density at radius 2 is 2.03 bits per heavy atom. The quantitative estimate of drug-likeness (QED) is 0.513. The lowest BCUT2D eigenvalue weighted by molar-refractivity contribution is -0.0564. The number of anilines is 4. The molecular formula is C27H32N6O2. The van der Waals surface area contributed by atoms with Crippen LogP contribution in [0.4, 0.5) is 23.0 Å². The van der Waals surface area contributed by atoms with Crippen LogP contribution in [0, 0.1) is 12.8 Å². The van der Waals surface area contributed by atoms with Crippen molar-refractivity contribution in [2.75, 3.05) is 35.2 Å². The number of fused-ring (bicyclic) bond motifs is 2. The zero-order valence-corrected chi connectivity index (χ0v) is 20.3. The van der Waals surface area contributed by atoms with E-state index in [1.807, 2.05) is 19.3 Å². The van der Waals surface area contributed by atoms with E-state index < -0.39 is 5.60 Å². The van der Waals surface area contributed by atoms with Crippen LogP contribution in [0.2, 0.25) is 0 Å². The average molecular weight is 473 g/mol. The van der Waals surface area contributed by atoms with Crippen LogP contribution >= 0.6 is 0 Å². The van der Waals surface area contributed by atoms with Crippen molar-refractivity contribution in [1.82, 2.24) is 15.0 Å². The molecule has 1 saturated carbocycles. The molecule has 2 aliphatic heterocycles. The van der Waals surface area contributed by atoms with Crippen molar-refractivity contribution in [2.45, 2.75) is 51.7 Å². The second-order valence-corrected chi connectivity index (χ2v) is 10.4. The summed E-state index contributed by atoms with van der Waals surface area (Å²) < 4.78 is 5.69. The van der Waals surface area contributed by atoms with Gasteiger partial charge in [0.05, 0.1) is 29.7 Å². The van der Waals surface area contributed by atoms with Gasteiger partial charge in [-0.3, -0.25) is 0 Å². The number of nitrogens with zero attached hydrogens (tertiary/aromatic N) is 4. The summed E-state index contributed by atoms with van der Waals surface area (Å²) in [4.78, 5) is 16.3. The van der Waals surface area contributed by atoms with E-state index in [0.29, 0.717) is 24.4 Å². The molecule has 35 heavy (non-hydrogen) atoms. The number of nitrogens with one attached hydrogen (secondary N) is 2. The Hall–Kier alpha value is -3.39. The summed E-state index contributed by atoms with van der Waals surface area (Å²) in [6.07, 6.45) is 7.56. The average Bonchev–Trinajstić information content (AvgIpc) is 2.84. The Balaban J connectivity index is 1.14. The molecule has 2 aromatic heterocycles. The Morgan fingerprint density at radius 1 is 1.20 bits per heavy atom. The Morgan fingerprint density at radius 3 is 2.83 bits per heavy atom. The molecule has 1 fully saturated rings. The van der Waals surface area contributed by atoms with Crippen molar-refractivity contribution in [3.05, 3.63) is 59.0 Å². The SMILES string of the molecule is Cc1c(N2CCc3cnc(Nc4ccc(CC5CC(C)(O)C5)cc4)nc3C2)cnc2c1NCCO2. The van der Waals surface area contributed by atoms with Crippen LogP contribution < -0.4 is 20.3 Å². The summed E-state index contributed by atoms with van der Waals surface area (Å²) in [5.74, 6) is 1.88. The fraction of sp³-hybridized carbons (Fsp3) is 0.444. The number of aliphatic hydroxyl groups is 1. The van der Waals surface area contributed by atoms with E-state index in [9.17, 15) is 5.11 Å². The monoisotopic (exact) mass is 472 g/mol. The van der Waals surface area contributed by atoms with Crippen molar-refractivity contribution >= 4 is 23.0 Å². The van der Waals surface area contributed by atoms with Gasteiger partial charge in [0.1, 0.15) is 12.3 Å². The minimum Gasteiger partial charge on any atom is -0.474 e. The Kier molecular flexibility index (Phi) is 5.48. The third-order valence-electron chi connectivity index (χ3n) is 7.40. The van der Waals surface area contributed by atoms with E-state index in [4.69, 9.17) is 9.72 Å². The lowest BCUT2D eigenvalue weighted by Gasteiger charge is -2.41. The molecule has 3 aliphatic rings. The molecule has 0 bridgehead atoms. The highest BCUT2D eigenvalue weighted by Crippen LogP contribution is 2.39. The molecule has 1 aliphatic carbocycles. The maximum atomic E-state index is 9.96. The topological polar surface area (TPSA) is 95.4 Å². The highest BCUT2D eigenvalue weighted by molar-refractivity contribution is 5.70. The van der Waals surface area contributed by atoms with Crippen molar-refractivity contribution in [3.8, 4) is 5.88 Å². The highest BCUT2D eigenvalue weighted by atomic mass is 16.5. The summed E-state index contributed by atoms with van der Waals surface area (Å²) >= 11 is 0. The van der Waals surface area contributed by atoms with Gasteiger partial charge in [-0.15, -0.1) is 0 Å². The molecule has 0 unspecified atom stereocenters. The molecule has 0 spiro atoms. The molecule has 182 valence electrons. The Bertz CT molecular complexity index is 1240. The van der Waals surface area contributed by atoms with Crippen LogP contribution in [0.1, 0.15) is 42.1 Å². The molecule has 4 heterocycles. The van der Waals surface area contributed by atoms with Crippen molar-refractivity contribution in [3.63, 3.8) is 0 Å². The van der Waals surface area contributed by atoms with E-state index >= 15 is 0 Å². The number of hydrogen-bond acceptors (Lipinski definition) is 8. The number of hydrogen-bond donors (Lipinski definition) is 3. The zero-order chi connectivity index (χ0) is 24.0. The molecule has 8 heteroatoms. The maximum absolute atomic E-state index is 9.96. The van der Waals surface area contributed by atoms with Crippen molar-refractivity contribution < 1.29 is 9.84 Å². The summed E-state index contributed by atoms with van der Waals surface area (Å²) in [7, 11) is 0. The summed E-state index contributed by atoms with van der Waals surface area (Å²) in [6, 6.07) is 8.47. The molecule has 8 nitrogen and oxygen atoms in total. The molecule has 0 amide bonds. The first-order valence-electron chi connectivity index (χ1n) is 12.5. The molecule has 3 N–H and O–H groups in total. The van der Waals surface area contributed by atoms with Gasteiger partial charge in [0.25, 0.3) is 0 Å². The van der Waals surface area contributed by atoms with Gasteiger partial charge in [0.15, 0.2) is 0 Å². The zero-order valence-electron chi connectivity index (χ0n) is 20.3. The second kappa shape index (κ2) is 8.68. The van der Waals surface area contributed by atoms with Crippen LogP contribution in [-0.2, 0) is 19.4 Å². The molecule has 6 rings (SSSR count). The summed E-state index contributed by atoms with van der Waals surface area (Å²) in [5.41, 5.74) is 7.32. The highest BCUT2D eigenvalue weighted by Gasteiger charge is 2.37. The number of rotatable bonds is 5. The predicted octanol–water partition coefficient (Wildman–Crippen LogP) is 3.99. The van der Waals surface area contributed by atoms with Gasteiger partial charge in [0, 0.05) is 30.5 Å². The first kappa shape index (κ1) is 22.1. The molecule has 3 aromatic rings. The number of pyridine rings is 1. The Labute approximate surface area is 205 Å². The van der Waals surface area contributed by atoms with Gasteiger partial charge in [-0.25, -0.2) is 15.0 Å². The van der Waals surface area contributed by atoms with Crippen molar-refractivity contribution in [2.24, 2.45) is 5.92 Å². The fourth-order valence-electron chi connectivity index (χ4n) is 5.61. The largest absolute Gasteiger partial charge is 0.474 e. The van der Waals surface area contributed by atoms with Crippen LogP contribution in [0.5, 0.6) is 5.88 Å². The van der Waals surface area contributed by atoms with Gasteiger partial charge in [-0.1, -0.05) is 12.1 Å². The molecular weight excluding hydrogens is 440 g/mol. The van der Waals surface area contributed by atoms with E-state index in [1.54, 1.807) is 0 Å². The molecule has 0 atom stereocenters. The second-order valence-electron chi connectivity index (χ2n) is 10.4. The van der Waals surface area contributed by atoms with Gasteiger partial charge in [-0.05, 0) is 68.7 Å². The van der Waals surface area contributed by atoms with E-state index in [1.165, 1.54) is 11.1 Å². The fourth-order valence-corrected chi connectivity index (χ4v) is 5.61. The summed E-state index contributed by atoms with van der Waals surface area (Å²) in [6.45, 7) is 7.12. The first-order chi connectivity index (χ1) is 16.9. The number of aromatic nitrogens is 3. The van der Waals surface area contributed by atoms with Gasteiger partial charge in [0.2, 0.25) is 11.8 Å². The first-order valence-corrected chi connectivity index (χ1v) is 12.5.